The predicted molar refractivity (Wildman–Crippen MR) is 182 cm³/mol. The zero-order chi connectivity index (χ0) is 31.0. The van der Waals surface area contributed by atoms with Crippen LogP contribution < -0.4 is 0 Å². The van der Waals surface area contributed by atoms with E-state index in [1.807, 2.05) is 12.1 Å². The summed E-state index contributed by atoms with van der Waals surface area (Å²) in [6.07, 6.45) is -4.48. The second kappa shape index (κ2) is 9.88. The summed E-state index contributed by atoms with van der Waals surface area (Å²) in [5.41, 5.74) is 11.0. The van der Waals surface area contributed by atoms with Crippen molar-refractivity contribution in [3.63, 3.8) is 0 Å². The van der Waals surface area contributed by atoms with Crippen LogP contribution >= 0.6 is 0 Å². The molecule has 4 heteroatoms. The van der Waals surface area contributed by atoms with E-state index in [4.69, 9.17) is 0 Å². The summed E-state index contributed by atoms with van der Waals surface area (Å²) in [6.45, 7) is 0. The SMILES string of the molecule is FC(F)(F)c1ccc2cc(-c3ccc4c5c(cccc35)-c3c-4c(-c4ccccc4)c4ccccc4c3-c3ccccc3)ccc2n1. The first kappa shape index (κ1) is 26.6. The van der Waals surface area contributed by atoms with Gasteiger partial charge in [0.1, 0.15) is 5.69 Å². The molecule has 0 unspecified atom stereocenters. The quantitative estimate of drug-likeness (QED) is 0.197. The molecular weight excluding hydrogens is 575 g/mol. The third kappa shape index (κ3) is 3.93. The van der Waals surface area contributed by atoms with Crippen LogP contribution in [0.15, 0.2) is 146 Å². The summed E-state index contributed by atoms with van der Waals surface area (Å²) in [5.74, 6) is 0. The van der Waals surface area contributed by atoms with E-state index in [0.717, 1.165) is 22.6 Å². The zero-order valence-electron chi connectivity index (χ0n) is 24.4. The molecular formula is C42H24F3N. The van der Waals surface area contributed by atoms with Gasteiger partial charge in [0, 0.05) is 5.39 Å². The Labute approximate surface area is 263 Å². The lowest BCUT2D eigenvalue weighted by atomic mass is 9.82. The summed E-state index contributed by atoms with van der Waals surface area (Å²) in [7, 11) is 0. The summed E-state index contributed by atoms with van der Waals surface area (Å²) in [5, 5.41) is 5.37. The van der Waals surface area contributed by atoms with Crippen LogP contribution in [0.25, 0.3) is 88.1 Å². The zero-order valence-corrected chi connectivity index (χ0v) is 24.4. The topological polar surface area (TPSA) is 12.9 Å². The van der Waals surface area contributed by atoms with Crippen molar-refractivity contribution in [3.8, 4) is 55.6 Å². The predicted octanol–water partition coefficient (Wildman–Crippen LogP) is 12.2. The van der Waals surface area contributed by atoms with E-state index in [1.165, 1.54) is 66.7 Å². The first-order valence-electron chi connectivity index (χ1n) is 15.2. The van der Waals surface area contributed by atoms with Crippen LogP contribution in [0.2, 0.25) is 0 Å². The van der Waals surface area contributed by atoms with Crippen molar-refractivity contribution in [3.05, 3.63) is 151 Å². The molecule has 0 amide bonds. The second-order valence-electron chi connectivity index (χ2n) is 11.8. The molecule has 1 aliphatic rings. The van der Waals surface area contributed by atoms with Crippen LogP contribution in [0.3, 0.4) is 0 Å². The van der Waals surface area contributed by atoms with Crippen LogP contribution in [0.1, 0.15) is 5.69 Å². The molecule has 8 aromatic rings. The average Bonchev–Trinajstić information content (AvgIpc) is 3.42. The van der Waals surface area contributed by atoms with Crippen LogP contribution in [0.4, 0.5) is 13.2 Å². The van der Waals surface area contributed by atoms with E-state index in [-0.39, 0.29) is 0 Å². The van der Waals surface area contributed by atoms with Gasteiger partial charge in [-0.3, -0.25) is 0 Å². The molecule has 46 heavy (non-hydrogen) atoms. The molecule has 0 radical (unpaired) electrons. The van der Waals surface area contributed by atoms with Crippen LogP contribution in [0, 0.1) is 0 Å². The summed E-state index contributed by atoms with van der Waals surface area (Å²) < 4.78 is 40.0. The van der Waals surface area contributed by atoms with Crippen molar-refractivity contribution in [1.82, 2.24) is 4.98 Å². The number of nitrogens with zero attached hydrogens (tertiary/aromatic N) is 1. The van der Waals surface area contributed by atoms with E-state index >= 15 is 0 Å². The van der Waals surface area contributed by atoms with Gasteiger partial charge in [-0.15, -0.1) is 0 Å². The van der Waals surface area contributed by atoms with Crippen LogP contribution in [-0.4, -0.2) is 4.98 Å². The fraction of sp³-hybridized carbons (Fsp3) is 0.0238. The lowest BCUT2D eigenvalue weighted by molar-refractivity contribution is -0.140. The molecule has 218 valence electrons. The minimum Gasteiger partial charge on any atom is -0.243 e. The van der Waals surface area contributed by atoms with Gasteiger partial charge >= 0.3 is 6.18 Å². The average molecular weight is 600 g/mol. The highest BCUT2D eigenvalue weighted by Crippen LogP contribution is 2.58. The Morgan fingerprint density at radius 1 is 0.413 bits per heavy atom. The minimum absolute atomic E-state index is 0.323. The van der Waals surface area contributed by atoms with Gasteiger partial charge in [-0.05, 0) is 95.4 Å². The summed E-state index contributed by atoms with van der Waals surface area (Å²) >= 11 is 0. The fourth-order valence-corrected chi connectivity index (χ4v) is 7.31. The smallest absolute Gasteiger partial charge is 0.243 e. The standard InChI is InChI=1S/C42H24F3N/c43-42(44,45)36-23-19-28-24-27(18-22-35(28)46-36)29-20-21-34-39-30(29)16-9-17-33(39)40-37(25-10-3-1-4-11-25)31-14-7-8-15-32(31)38(41(34)40)26-12-5-2-6-13-26/h1-24H. The molecule has 0 spiro atoms. The van der Waals surface area contributed by atoms with Crippen molar-refractivity contribution >= 4 is 32.4 Å². The van der Waals surface area contributed by atoms with Crippen molar-refractivity contribution in [2.24, 2.45) is 0 Å². The van der Waals surface area contributed by atoms with Gasteiger partial charge in [0.25, 0.3) is 0 Å². The Balaban J connectivity index is 1.36. The molecule has 0 saturated carbocycles. The van der Waals surface area contributed by atoms with Crippen LogP contribution in [-0.2, 0) is 6.18 Å². The lowest BCUT2D eigenvalue weighted by Gasteiger charge is -2.20. The molecule has 9 rings (SSSR count). The van der Waals surface area contributed by atoms with Gasteiger partial charge in [0.2, 0.25) is 0 Å². The van der Waals surface area contributed by atoms with Crippen molar-refractivity contribution in [2.45, 2.75) is 6.18 Å². The minimum atomic E-state index is -4.48. The highest BCUT2D eigenvalue weighted by Gasteiger charge is 2.33. The van der Waals surface area contributed by atoms with Gasteiger partial charge in [-0.25, -0.2) is 4.98 Å². The highest BCUT2D eigenvalue weighted by atomic mass is 19.4. The Morgan fingerprint density at radius 3 is 1.61 bits per heavy atom. The highest BCUT2D eigenvalue weighted by molar-refractivity contribution is 6.28. The molecule has 7 aromatic carbocycles. The van der Waals surface area contributed by atoms with Crippen molar-refractivity contribution < 1.29 is 13.2 Å². The maximum Gasteiger partial charge on any atom is 0.433 e. The molecule has 0 saturated heterocycles. The van der Waals surface area contributed by atoms with E-state index in [9.17, 15) is 13.2 Å². The van der Waals surface area contributed by atoms with Crippen molar-refractivity contribution in [1.29, 1.82) is 0 Å². The maximum absolute atomic E-state index is 13.3. The third-order valence-corrected chi connectivity index (χ3v) is 9.21. The molecule has 0 bridgehead atoms. The van der Waals surface area contributed by atoms with Gasteiger partial charge in [0.15, 0.2) is 0 Å². The van der Waals surface area contributed by atoms with E-state index in [2.05, 4.69) is 120 Å². The molecule has 1 heterocycles. The Kier molecular flexibility index (Phi) is 5.72. The first-order valence-corrected chi connectivity index (χ1v) is 15.2. The van der Waals surface area contributed by atoms with Crippen molar-refractivity contribution in [2.75, 3.05) is 0 Å². The number of halogens is 3. The van der Waals surface area contributed by atoms with Gasteiger partial charge in [0.05, 0.1) is 5.52 Å². The van der Waals surface area contributed by atoms with Gasteiger partial charge in [-0.1, -0.05) is 127 Å². The first-order chi connectivity index (χ1) is 22.5. The summed E-state index contributed by atoms with van der Waals surface area (Å²) in [6, 6.07) is 48.8. The van der Waals surface area contributed by atoms with Gasteiger partial charge in [-0.2, -0.15) is 13.2 Å². The number of hydrogen-bond donors (Lipinski definition) is 0. The lowest BCUT2D eigenvalue weighted by Crippen LogP contribution is -2.07. The molecule has 0 aliphatic heterocycles. The molecule has 0 fully saturated rings. The largest absolute Gasteiger partial charge is 0.433 e. The van der Waals surface area contributed by atoms with E-state index in [1.54, 1.807) is 6.07 Å². The van der Waals surface area contributed by atoms with E-state index < -0.39 is 11.9 Å². The second-order valence-corrected chi connectivity index (χ2v) is 11.8. The van der Waals surface area contributed by atoms with Crippen LogP contribution in [0.5, 0.6) is 0 Å². The van der Waals surface area contributed by atoms with Gasteiger partial charge < -0.3 is 0 Å². The number of fused-ring (bicyclic) bond motifs is 5. The Hall–Kier alpha value is -5.74. The normalized spacial score (nSPS) is 12.2. The number of hydrogen-bond acceptors (Lipinski definition) is 1. The Morgan fingerprint density at radius 2 is 0.978 bits per heavy atom. The third-order valence-electron chi connectivity index (χ3n) is 9.21. The maximum atomic E-state index is 13.3. The number of alkyl halides is 3. The molecule has 0 atom stereocenters. The summed E-state index contributed by atoms with van der Waals surface area (Å²) in [4.78, 5) is 3.89. The molecule has 1 nitrogen and oxygen atoms in total. The fourth-order valence-electron chi connectivity index (χ4n) is 7.31. The molecule has 0 N–H and O–H groups in total. The molecule has 1 aromatic heterocycles. The number of aromatic nitrogens is 1. The Bertz CT molecular complexity index is 2410. The number of benzene rings is 7. The number of rotatable bonds is 3. The number of pyridine rings is 1. The molecule has 1 aliphatic carbocycles. The monoisotopic (exact) mass is 599 g/mol. The van der Waals surface area contributed by atoms with E-state index in [0.29, 0.717) is 10.9 Å².